The lowest BCUT2D eigenvalue weighted by Gasteiger charge is -2.20. The van der Waals surface area contributed by atoms with Gasteiger partial charge >= 0.3 is 5.97 Å². The van der Waals surface area contributed by atoms with Gasteiger partial charge < -0.3 is 29.4 Å². The number of phenols is 2. The van der Waals surface area contributed by atoms with Crippen molar-refractivity contribution >= 4 is 16.9 Å². The van der Waals surface area contributed by atoms with E-state index < -0.39 is 23.4 Å². The van der Waals surface area contributed by atoms with E-state index in [1.807, 2.05) is 4.57 Å². The number of carbonyl (C=O) groups is 1. The first kappa shape index (κ1) is 24.2. The van der Waals surface area contributed by atoms with Crippen LogP contribution in [0.3, 0.4) is 0 Å². The fourth-order valence-electron chi connectivity index (χ4n) is 6.21. The molecule has 0 spiro atoms. The zero-order valence-corrected chi connectivity index (χ0v) is 20.4. The van der Waals surface area contributed by atoms with Crippen molar-refractivity contribution in [1.82, 2.24) is 4.57 Å². The van der Waals surface area contributed by atoms with Crippen LogP contribution < -0.4 is 4.74 Å². The van der Waals surface area contributed by atoms with Crippen LogP contribution in [0, 0.1) is 23.5 Å². The lowest BCUT2D eigenvalue weighted by Crippen LogP contribution is -2.08. The van der Waals surface area contributed by atoms with Crippen LogP contribution in [-0.4, -0.2) is 46.2 Å². The summed E-state index contributed by atoms with van der Waals surface area (Å²) in [7, 11) is 1.36. The van der Waals surface area contributed by atoms with Crippen LogP contribution in [0.25, 0.3) is 27.7 Å². The molecule has 2 atom stereocenters. The monoisotopic (exact) mass is 521 g/mol. The number of nitrogens with zero attached hydrogens (tertiary/aromatic N) is 1. The maximum atomic E-state index is 14.7. The highest BCUT2D eigenvalue weighted by atomic mass is 19.1. The van der Waals surface area contributed by atoms with Crippen molar-refractivity contribution in [3.8, 4) is 34.1 Å². The van der Waals surface area contributed by atoms with E-state index in [-0.39, 0.29) is 23.0 Å². The first-order valence-corrected chi connectivity index (χ1v) is 12.3. The maximum absolute atomic E-state index is 14.7. The van der Waals surface area contributed by atoms with Gasteiger partial charge in [-0.2, -0.15) is 0 Å². The lowest BCUT2D eigenvalue weighted by molar-refractivity contribution is 0.0693. The van der Waals surface area contributed by atoms with E-state index in [9.17, 15) is 28.9 Å². The van der Waals surface area contributed by atoms with Gasteiger partial charge in [0.25, 0.3) is 0 Å². The van der Waals surface area contributed by atoms with Crippen molar-refractivity contribution in [3.05, 3.63) is 71.4 Å². The standard InChI is InChI=1S/C29H25F2NO6/c1-37-25-11-19(3-5-21(25)31)32-22-9-18(30)10-24(34)27(22)26(14-2-4-20(29(35)36)23(33)8-14)28(32)15-6-16-12-38-13-17(16)7-15/h2-5,8-11,15-17,33-34H,6-7,12-13H2,1H3,(H,35,36). The average Bonchev–Trinajstić information content (AvgIpc) is 3.56. The van der Waals surface area contributed by atoms with E-state index >= 15 is 0 Å². The molecule has 2 unspecified atom stereocenters. The largest absolute Gasteiger partial charge is 0.507 e. The first-order valence-electron chi connectivity index (χ1n) is 12.3. The molecular weight excluding hydrogens is 496 g/mol. The van der Waals surface area contributed by atoms with Crippen LogP contribution in [0.5, 0.6) is 17.2 Å². The van der Waals surface area contributed by atoms with Gasteiger partial charge in [-0.25, -0.2) is 13.6 Å². The van der Waals surface area contributed by atoms with Crippen molar-refractivity contribution in [2.24, 2.45) is 11.8 Å². The molecule has 4 aromatic rings. The molecule has 2 aliphatic rings. The number of phenolic OH excluding ortho intramolecular Hbond substituents is 1. The molecule has 2 heterocycles. The second-order valence-electron chi connectivity index (χ2n) is 10.00. The first-order chi connectivity index (χ1) is 18.3. The third kappa shape index (κ3) is 3.77. The Labute approximate surface area is 216 Å². The summed E-state index contributed by atoms with van der Waals surface area (Å²) >= 11 is 0. The Morgan fingerprint density at radius 3 is 2.39 bits per heavy atom. The number of hydrogen-bond donors (Lipinski definition) is 3. The Kier molecular flexibility index (Phi) is 5.75. The number of aromatic nitrogens is 1. The summed E-state index contributed by atoms with van der Waals surface area (Å²) in [6, 6.07) is 10.9. The molecule has 0 bridgehead atoms. The summed E-state index contributed by atoms with van der Waals surface area (Å²) in [6.07, 6.45) is 1.57. The molecule has 1 aliphatic carbocycles. The summed E-state index contributed by atoms with van der Waals surface area (Å²) in [5.74, 6) is -2.54. The van der Waals surface area contributed by atoms with Crippen molar-refractivity contribution < 1.29 is 38.4 Å². The summed E-state index contributed by atoms with van der Waals surface area (Å²) in [6.45, 7) is 1.30. The minimum Gasteiger partial charge on any atom is -0.507 e. The van der Waals surface area contributed by atoms with Gasteiger partial charge in [0, 0.05) is 48.2 Å². The predicted molar refractivity (Wildman–Crippen MR) is 135 cm³/mol. The Hall–Kier alpha value is -4.11. The second-order valence-corrected chi connectivity index (χ2v) is 10.00. The SMILES string of the molecule is COc1cc(-n2c(C3CC4COCC4C3)c(-c3ccc(C(=O)O)c(O)c3)c3c(O)cc(F)cc32)ccc1F. The van der Waals surface area contributed by atoms with Crippen LogP contribution in [0.1, 0.15) is 34.8 Å². The molecule has 38 heavy (non-hydrogen) atoms. The van der Waals surface area contributed by atoms with Crippen LogP contribution in [0.4, 0.5) is 8.78 Å². The molecule has 1 aromatic heterocycles. The highest BCUT2D eigenvalue weighted by Gasteiger charge is 2.42. The number of hydrogen-bond acceptors (Lipinski definition) is 5. The van der Waals surface area contributed by atoms with Crippen LogP contribution in [0.2, 0.25) is 0 Å². The molecular formula is C29H25F2NO6. The van der Waals surface area contributed by atoms with E-state index in [1.54, 1.807) is 12.1 Å². The van der Waals surface area contributed by atoms with Crippen LogP contribution in [-0.2, 0) is 4.74 Å². The Morgan fingerprint density at radius 2 is 1.74 bits per heavy atom. The highest BCUT2D eigenvalue weighted by Crippen LogP contribution is 2.52. The Morgan fingerprint density at radius 1 is 1.00 bits per heavy atom. The number of fused-ring (bicyclic) bond motifs is 2. The lowest BCUT2D eigenvalue weighted by atomic mass is 9.92. The average molecular weight is 522 g/mol. The number of aromatic hydroxyl groups is 2. The van der Waals surface area contributed by atoms with Gasteiger partial charge in [-0.1, -0.05) is 6.07 Å². The molecule has 3 aromatic carbocycles. The van der Waals surface area contributed by atoms with Crippen LogP contribution in [0.15, 0.2) is 48.5 Å². The number of ether oxygens (including phenoxy) is 2. The van der Waals surface area contributed by atoms with E-state index in [2.05, 4.69) is 0 Å². The molecule has 1 saturated heterocycles. The van der Waals surface area contributed by atoms with Gasteiger partial charge in [-0.05, 0) is 60.6 Å². The van der Waals surface area contributed by atoms with Gasteiger partial charge in [0.05, 0.1) is 18.0 Å². The van der Waals surface area contributed by atoms with Gasteiger partial charge in [0.2, 0.25) is 0 Å². The number of halogens is 2. The summed E-state index contributed by atoms with van der Waals surface area (Å²) < 4.78 is 41.8. The van der Waals surface area contributed by atoms with Gasteiger partial charge in [0.1, 0.15) is 22.9 Å². The van der Waals surface area contributed by atoms with Crippen molar-refractivity contribution in [2.75, 3.05) is 20.3 Å². The number of carboxylic acids is 1. The molecule has 2 fully saturated rings. The molecule has 1 aliphatic heterocycles. The van der Waals surface area contributed by atoms with Crippen molar-refractivity contribution in [2.45, 2.75) is 18.8 Å². The maximum Gasteiger partial charge on any atom is 0.339 e. The van der Waals surface area contributed by atoms with Crippen molar-refractivity contribution in [1.29, 1.82) is 0 Å². The minimum absolute atomic E-state index is 0.0117. The Balaban J connectivity index is 1.70. The smallest absolute Gasteiger partial charge is 0.339 e. The molecule has 6 rings (SSSR count). The van der Waals surface area contributed by atoms with E-state index in [4.69, 9.17) is 9.47 Å². The predicted octanol–water partition coefficient (Wildman–Crippen LogP) is 5.83. The zero-order chi connectivity index (χ0) is 26.7. The van der Waals surface area contributed by atoms with Gasteiger partial charge in [0.15, 0.2) is 11.6 Å². The minimum atomic E-state index is -1.27. The van der Waals surface area contributed by atoms with E-state index in [0.717, 1.165) is 24.6 Å². The fraction of sp³-hybridized carbons (Fsp3) is 0.276. The second kappa shape index (κ2) is 9.02. The topological polar surface area (TPSA) is 101 Å². The Bertz CT molecular complexity index is 1580. The number of benzene rings is 3. The van der Waals surface area contributed by atoms with Gasteiger partial charge in [-0.3, -0.25) is 0 Å². The highest BCUT2D eigenvalue weighted by molar-refractivity contribution is 6.04. The number of carboxylic acid groups (broad SMARTS) is 1. The fourth-order valence-corrected chi connectivity index (χ4v) is 6.21. The molecule has 0 radical (unpaired) electrons. The number of methoxy groups -OCH3 is 1. The zero-order valence-electron chi connectivity index (χ0n) is 20.4. The number of rotatable bonds is 5. The normalized spacial score (nSPS) is 20.7. The number of aromatic carboxylic acids is 1. The van der Waals surface area contributed by atoms with E-state index in [1.165, 1.54) is 37.4 Å². The molecule has 9 heteroatoms. The summed E-state index contributed by atoms with van der Waals surface area (Å²) in [5.41, 5.74) is 2.39. The molecule has 3 N–H and O–H groups in total. The van der Waals surface area contributed by atoms with Crippen LogP contribution >= 0.6 is 0 Å². The summed E-state index contributed by atoms with van der Waals surface area (Å²) in [4.78, 5) is 11.5. The summed E-state index contributed by atoms with van der Waals surface area (Å²) in [5, 5.41) is 31.3. The third-order valence-corrected chi connectivity index (χ3v) is 7.85. The van der Waals surface area contributed by atoms with Gasteiger partial charge in [-0.15, -0.1) is 0 Å². The molecule has 7 nitrogen and oxygen atoms in total. The van der Waals surface area contributed by atoms with E-state index in [0.29, 0.717) is 52.8 Å². The van der Waals surface area contributed by atoms with Crippen molar-refractivity contribution in [3.63, 3.8) is 0 Å². The third-order valence-electron chi connectivity index (χ3n) is 7.85. The quantitative estimate of drug-likeness (QED) is 0.305. The molecule has 1 saturated carbocycles. The molecule has 0 amide bonds. The molecule has 196 valence electrons.